The third-order valence-electron chi connectivity index (χ3n) is 2.64. The summed E-state index contributed by atoms with van der Waals surface area (Å²) in [5, 5.41) is 10.5. The highest BCUT2D eigenvalue weighted by Gasteiger charge is 2.21. The maximum absolute atomic E-state index is 12.0. The van der Waals surface area contributed by atoms with Gasteiger partial charge in [0.25, 0.3) is 0 Å². The van der Waals surface area contributed by atoms with Gasteiger partial charge in [0.2, 0.25) is 6.54 Å². The van der Waals surface area contributed by atoms with Gasteiger partial charge in [-0.25, -0.2) is 8.93 Å². The lowest BCUT2D eigenvalue weighted by Crippen LogP contribution is -2.40. The molecular formula is C12H18N2O3S. The molecule has 1 aromatic carbocycles. The van der Waals surface area contributed by atoms with E-state index in [0.717, 1.165) is 5.56 Å². The van der Waals surface area contributed by atoms with Gasteiger partial charge in [-0.1, -0.05) is 31.5 Å². The molecule has 1 N–H and O–H groups in total. The van der Waals surface area contributed by atoms with Gasteiger partial charge in [0, 0.05) is 4.92 Å². The van der Waals surface area contributed by atoms with Gasteiger partial charge < -0.3 is 0 Å². The van der Waals surface area contributed by atoms with Crippen molar-refractivity contribution in [2.75, 3.05) is 6.54 Å². The zero-order valence-electron chi connectivity index (χ0n) is 10.8. The molecule has 0 fully saturated rings. The Morgan fingerprint density at radius 2 is 1.89 bits per heavy atom. The largest absolute Gasteiger partial charge is 0.264 e. The summed E-state index contributed by atoms with van der Waals surface area (Å²) in [5.74, 6) is 0.0461. The second-order valence-corrected chi connectivity index (χ2v) is 5.81. The highest BCUT2D eigenvalue weighted by molar-refractivity contribution is 7.83. The van der Waals surface area contributed by atoms with Gasteiger partial charge in [-0.3, -0.25) is 10.1 Å². The van der Waals surface area contributed by atoms with Crippen molar-refractivity contribution < 1.29 is 9.13 Å². The zero-order valence-corrected chi connectivity index (χ0v) is 11.6. The van der Waals surface area contributed by atoms with Crippen molar-refractivity contribution in [3.05, 3.63) is 39.9 Å². The van der Waals surface area contributed by atoms with E-state index in [2.05, 4.69) is 4.72 Å². The monoisotopic (exact) mass is 270 g/mol. The standard InChI is InChI=1S/C12H18N2O3S/c1-9(2)12(8-14(15)16)13-18(17)11-6-4-10(3)5-7-11/h4-7,9,12-13H,8H2,1-3H3/t12-,18+/m1/s1. The van der Waals surface area contributed by atoms with E-state index >= 15 is 0 Å². The molecular weight excluding hydrogens is 252 g/mol. The lowest BCUT2D eigenvalue weighted by molar-refractivity contribution is -0.484. The molecule has 0 amide bonds. The van der Waals surface area contributed by atoms with E-state index in [1.807, 2.05) is 32.9 Å². The van der Waals surface area contributed by atoms with Crippen LogP contribution in [0, 0.1) is 23.0 Å². The first-order chi connectivity index (χ1) is 8.40. The van der Waals surface area contributed by atoms with Crippen LogP contribution in [0.4, 0.5) is 0 Å². The summed E-state index contributed by atoms with van der Waals surface area (Å²) in [5.41, 5.74) is 1.08. The van der Waals surface area contributed by atoms with Crippen LogP contribution >= 0.6 is 0 Å². The summed E-state index contributed by atoms with van der Waals surface area (Å²) >= 11 is 0. The van der Waals surface area contributed by atoms with Crippen LogP contribution in [-0.2, 0) is 11.0 Å². The first-order valence-electron chi connectivity index (χ1n) is 5.76. The number of benzene rings is 1. The van der Waals surface area contributed by atoms with Gasteiger partial charge >= 0.3 is 0 Å². The number of hydrogen-bond donors (Lipinski definition) is 1. The van der Waals surface area contributed by atoms with Crippen molar-refractivity contribution in [1.82, 2.24) is 4.72 Å². The Hall–Kier alpha value is -1.27. The fourth-order valence-electron chi connectivity index (χ4n) is 1.41. The van der Waals surface area contributed by atoms with Crippen molar-refractivity contribution >= 4 is 11.0 Å². The molecule has 0 saturated heterocycles. The molecule has 0 aliphatic carbocycles. The first-order valence-corrected chi connectivity index (χ1v) is 6.91. The summed E-state index contributed by atoms with van der Waals surface area (Å²) < 4.78 is 14.8. The molecule has 0 unspecified atom stereocenters. The Kier molecular flexibility index (Phi) is 5.43. The molecule has 2 atom stereocenters. The summed E-state index contributed by atoms with van der Waals surface area (Å²) in [7, 11) is -1.41. The molecule has 100 valence electrons. The Balaban J connectivity index is 2.72. The van der Waals surface area contributed by atoms with E-state index < -0.39 is 17.0 Å². The predicted molar refractivity (Wildman–Crippen MR) is 71.2 cm³/mol. The number of aryl methyl sites for hydroxylation is 1. The lowest BCUT2D eigenvalue weighted by atomic mass is 10.1. The normalized spacial score (nSPS) is 14.4. The van der Waals surface area contributed by atoms with Gasteiger partial charge in [-0.2, -0.15) is 0 Å². The van der Waals surface area contributed by atoms with E-state index in [1.165, 1.54) is 0 Å². The van der Waals surface area contributed by atoms with E-state index in [1.54, 1.807) is 12.1 Å². The molecule has 6 heteroatoms. The molecule has 18 heavy (non-hydrogen) atoms. The Morgan fingerprint density at radius 3 is 2.33 bits per heavy atom. The van der Waals surface area contributed by atoms with Crippen molar-refractivity contribution in [3.63, 3.8) is 0 Å². The van der Waals surface area contributed by atoms with Crippen molar-refractivity contribution in [3.8, 4) is 0 Å². The van der Waals surface area contributed by atoms with Crippen molar-refractivity contribution in [1.29, 1.82) is 0 Å². The van der Waals surface area contributed by atoms with Crippen LogP contribution < -0.4 is 4.72 Å². The second kappa shape index (κ2) is 6.61. The van der Waals surface area contributed by atoms with Crippen LogP contribution in [0.25, 0.3) is 0 Å². The summed E-state index contributed by atoms with van der Waals surface area (Å²) in [6.45, 7) is 5.46. The summed E-state index contributed by atoms with van der Waals surface area (Å²) in [6, 6.07) is 6.87. The van der Waals surface area contributed by atoms with Crippen LogP contribution in [0.3, 0.4) is 0 Å². The first kappa shape index (κ1) is 14.8. The van der Waals surface area contributed by atoms with Crippen LogP contribution in [0.2, 0.25) is 0 Å². The van der Waals surface area contributed by atoms with E-state index in [-0.39, 0.29) is 17.4 Å². The highest BCUT2D eigenvalue weighted by atomic mass is 32.2. The van der Waals surface area contributed by atoms with Crippen LogP contribution in [0.5, 0.6) is 0 Å². The molecule has 0 aliphatic rings. The smallest absolute Gasteiger partial charge is 0.220 e. The Bertz CT molecular complexity index is 431. The van der Waals surface area contributed by atoms with Gasteiger partial charge in [-0.15, -0.1) is 0 Å². The minimum Gasteiger partial charge on any atom is -0.264 e. The fourth-order valence-corrected chi connectivity index (χ4v) is 2.55. The molecule has 5 nitrogen and oxygen atoms in total. The molecule has 0 radical (unpaired) electrons. The number of hydrogen-bond acceptors (Lipinski definition) is 3. The average molecular weight is 270 g/mol. The van der Waals surface area contributed by atoms with Crippen LogP contribution in [0.1, 0.15) is 19.4 Å². The molecule has 1 aromatic rings. The molecule has 0 aromatic heterocycles. The number of nitrogens with zero attached hydrogens (tertiary/aromatic N) is 1. The molecule has 0 heterocycles. The predicted octanol–water partition coefficient (Wildman–Crippen LogP) is 1.91. The maximum Gasteiger partial charge on any atom is 0.220 e. The van der Waals surface area contributed by atoms with Gasteiger partial charge in [0.1, 0.15) is 11.0 Å². The lowest BCUT2D eigenvalue weighted by Gasteiger charge is -2.17. The molecule has 0 spiro atoms. The van der Waals surface area contributed by atoms with E-state index in [4.69, 9.17) is 0 Å². The maximum atomic E-state index is 12.0. The molecule has 1 rings (SSSR count). The molecule has 0 bridgehead atoms. The van der Waals surface area contributed by atoms with Gasteiger partial charge in [0.15, 0.2) is 0 Å². The number of nitrogens with one attached hydrogen (secondary N) is 1. The average Bonchev–Trinajstić information content (AvgIpc) is 2.28. The van der Waals surface area contributed by atoms with Crippen molar-refractivity contribution in [2.45, 2.75) is 31.7 Å². The van der Waals surface area contributed by atoms with Gasteiger partial charge in [-0.05, 0) is 25.0 Å². The summed E-state index contributed by atoms with van der Waals surface area (Å²) in [4.78, 5) is 10.8. The summed E-state index contributed by atoms with van der Waals surface area (Å²) in [6.07, 6.45) is 0. The molecule has 0 saturated carbocycles. The SMILES string of the molecule is Cc1ccc([S@](=O)N[C@H](C[N+](=O)[O-])C(C)C)cc1. The Labute approximate surface area is 109 Å². The highest BCUT2D eigenvalue weighted by Crippen LogP contribution is 2.10. The minimum atomic E-state index is -1.41. The van der Waals surface area contributed by atoms with Gasteiger partial charge in [0.05, 0.1) is 10.9 Å². The van der Waals surface area contributed by atoms with E-state index in [0.29, 0.717) is 4.90 Å². The topological polar surface area (TPSA) is 72.2 Å². The second-order valence-electron chi connectivity index (χ2n) is 4.57. The number of nitro groups is 1. The third kappa shape index (κ3) is 4.54. The quantitative estimate of drug-likeness (QED) is 0.634. The van der Waals surface area contributed by atoms with Crippen LogP contribution in [-0.4, -0.2) is 21.7 Å². The minimum absolute atomic E-state index is 0.0461. The molecule has 0 aliphatic heterocycles. The third-order valence-corrected chi connectivity index (χ3v) is 3.86. The van der Waals surface area contributed by atoms with E-state index in [9.17, 15) is 14.3 Å². The zero-order chi connectivity index (χ0) is 13.7. The number of rotatable bonds is 6. The van der Waals surface area contributed by atoms with Crippen LogP contribution in [0.15, 0.2) is 29.2 Å². The Morgan fingerprint density at radius 1 is 1.33 bits per heavy atom. The van der Waals surface area contributed by atoms with Crippen molar-refractivity contribution in [2.24, 2.45) is 5.92 Å². The fraction of sp³-hybridized carbons (Fsp3) is 0.500.